The van der Waals surface area contributed by atoms with Crippen LogP contribution in [-0.2, 0) is 0 Å². The monoisotopic (exact) mass is 379 g/mol. The molecule has 1 saturated heterocycles. The van der Waals surface area contributed by atoms with E-state index in [2.05, 4.69) is 22.5 Å². The largest absolute Gasteiger partial charge is 0.352 e. The van der Waals surface area contributed by atoms with E-state index in [-0.39, 0.29) is 11.8 Å². The van der Waals surface area contributed by atoms with Gasteiger partial charge < -0.3 is 15.5 Å². The highest BCUT2D eigenvalue weighted by Gasteiger charge is 2.14. The molecule has 0 spiro atoms. The van der Waals surface area contributed by atoms with Gasteiger partial charge in [-0.1, -0.05) is 31.5 Å². The van der Waals surface area contributed by atoms with Gasteiger partial charge in [0, 0.05) is 29.9 Å². The summed E-state index contributed by atoms with van der Waals surface area (Å²) >= 11 is 0. The first kappa shape index (κ1) is 20.1. The van der Waals surface area contributed by atoms with Crippen LogP contribution in [0.5, 0.6) is 0 Å². The summed E-state index contributed by atoms with van der Waals surface area (Å²) < 4.78 is 0. The molecular weight excluding hydrogens is 350 g/mol. The first-order chi connectivity index (χ1) is 13.6. The van der Waals surface area contributed by atoms with Gasteiger partial charge in [-0.2, -0.15) is 0 Å². The number of piperidine rings is 1. The molecule has 0 aliphatic carbocycles. The van der Waals surface area contributed by atoms with E-state index in [1.165, 1.54) is 32.4 Å². The minimum Gasteiger partial charge on any atom is -0.352 e. The van der Waals surface area contributed by atoms with Crippen LogP contribution in [0, 0.1) is 5.92 Å². The summed E-state index contributed by atoms with van der Waals surface area (Å²) in [6.45, 7) is 6.23. The average molecular weight is 380 g/mol. The van der Waals surface area contributed by atoms with E-state index in [1.807, 2.05) is 18.2 Å². The Morgan fingerprint density at radius 3 is 2.21 bits per heavy atom. The Balaban J connectivity index is 1.46. The molecule has 1 heterocycles. The Morgan fingerprint density at radius 1 is 0.893 bits per heavy atom. The van der Waals surface area contributed by atoms with Crippen LogP contribution in [0.15, 0.2) is 54.6 Å². The Labute approximate surface area is 167 Å². The van der Waals surface area contributed by atoms with Gasteiger partial charge in [-0.25, -0.2) is 0 Å². The van der Waals surface area contributed by atoms with E-state index in [1.54, 1.807) is 36.4 Å². The topological polar surface area (TPSA) is 61.4 Å². The fraction of sp³-hybridized carbons (Fsp3) is 0.391. The van der Waals surface area contributed by atoms with Gasteiger partial charge in [-0.15, -0.1) is 0 Å². The summed E-state index contributed by atoms with van der Waals surface area (Å²) in [5.41, 5.74) is 1.87. The maximum Gasteiger partial charge on any atom is 0.255 e. The van der Waals surface area contributed by atoms with Crippen molar-refractivity contribution in [1.82, 2.24) is 10.2 Å². The molecule has 28 heavy (non-hydrogen) atoms. The molecule has 1 fully saturated rings. The zero-order valence-corrected chi connectivity index (χ0v) is 16.5. The fourth-order valence-corrected chi connectivity index (χ4v) is 3.51. The van der Waals surface area contributed by atoms with Crippen molar-refractivity contribution in [2.75, 3.05) is 31.5 Å². The summed E-state index contributed by atoms with van der Waals surface area (Å²) in [7, 11) is 0. The molecule has 2 aromatic rings. The second-order valence-corrected chi connectivity index (χ2v) is 7.57. The molecule has 0 saturated carbocycles. The van der Waals surface area contributed by atoms with Crippen LogP contribution in [0.25, 0.3) is 0 Å². The van der Waals surface area contributed by atoms with Gasteiger partial charge in [0.15, 0.2) is 0 Å². The van der Waals surface area contributed by atoms with Crippen molar-refractivity contribution in [2.24, 2.45) is 5.92 Å². The van der Waals surface area contributed by atoms with Crippen molar-refractivity contribution in [2.45, 2.75) is 26.2 Å². The van der Waals surface area contributed by atoms with Crippen molar-refractivity contribution in [3.05, 3.63) is 65.7 Å². The summed E-state index contributed by atoms with van der Waals surface area (Å²) in [4.78, 5) is 27.1. The normalized spacial score (nSPS) is 15.6. The van der Waals surface area contributed by atoms with Gasteiger partial charge in [-0.05, 0) is 68.2 Å². The van der Waals surface area contributed by atoms with E-state index in [9.17, 15) is 9.59 Å². The molecule has 2 amide bonds. The van der Waals surface area contributed by atoms with Crippen LogP contribution in [0.3, 0.4) is 0 Å². The van der Waals surface area contributed by atoms with Crippen LogP contribution >= 0.6 is 0 Å². The minimum atomic E-state index is -0.163. The smallest absolute Gasteiger partial charge is 0.255 e. The van der Waals surface area contributed by atoms with Crippen molar-refractivity contribution in [3.63, 3.8) is 0 Å². The number of anilines is 1. The lowest BCUT2D eigenvalue weighted by Crippen LogP contribution is -2.38. The van der Waals surface area contributed by atoms with E-state index in [0.717, 1.165) is 6.54 Å². The molecule has 2 aromatic carbocycles. The molecule has 0 bridgehead atoms. The molecular formula is C23H29N3O2. The summed E-state index contributed by atoms with van der Waals surface area (Å²) in [6.07, 6.45) is 3.90. The number of hydrogen-bond acceptors (Lipinski definition) is 3. The van der Waals surface area contributed by atoms with Crippen LogP contribution in [0.4, 0.5) is 5.69 Å². The van der Waals surface area contributed by atoms with Crippen LogP contribution in [0.2, 0.25) is 0 Å². The second kappa shape index (κ2) is 10.0. The van der Waals surface area contributed by atoms with E-state index >= 15 is 0 Å². The zero-order chi connectivity index (χ0) is 19.8. The Morgan fingerprint density at radius 2 is 1.54 bits per heavy atom. The van der Waals surface area contributed by atoms with Gasteiger partial charge in [0.2, 0.25) is 0 Å². The van der Waals surface area contributed by atoms with Gasteiger partial charge in [0.25, 0.3) is 11.8 Å². The van der Waals surface area contributed by atoms with Crippen LogP contribution in [0.1, 0.15) is 46.9 Å². The molecule has 2 N–H and O–H groups in total. The number of carbonyl (C=O) groups is 2. The number of benzene rings is 2. The highest BCUT2D eigenvalue weighted by atomic mass is 16.2. The molecule has 0 radical (unpaired) electrons. The van der Waals surface area contributed by atoms with Crippen LogP contribution in [-0.4, -0.2) is 42.9 Å². The molecule has 0 aromatic heterocycles. The lowest BCUT2D eigenvalue weighted by molar-refractivity contribution is 0.0942. The summed E-state index contributed by atoms with van der Waals surface area (Å²) in [5.74, 6) is 0.183. The second-order valence-electron chi connectivity index (χ2n) is 7.57. The number of rotatable bonds is 7. The van der Waals surface area contributed by atoms with E-state index in [4.69, 9.17) is 0 Å². The third kappa shape index (κ3) is 5.92. The first-order valence-electron chi connectivity index (χ1n) is 10.1. The van der Waals surface area contributed by atoms with Crippen LogP contribution < -0.4 is 10.6 Å². The Hall–Kier alpha value is -2.66. The molecule has 5 heteroatoms. The average Bonchev–Trinajstić information content (AvgIpc) is 2.74. The molecule has 1 unspecified atom stereocenters. The molecule has 1 atom stereocenters. The van der Waals surface area contributed by atoms with Gasteiger partial charge in [0.05, 0.1) is 0 Å². The molecule has 5 nitrogen and oxygen atoms in total. The van der Waals surface area contributed by atoms with Gasteiger partial charge >= 0.3 is 0 Å². The van der Waals surface area contributed by atoms with Crippen molar-refractivity contribution >= 4 is 17.5 Å². The SMILES string of the molecule is CC(CNC(=O)c1ccc(NC(=O)c2ccccc2)cc1)CN1CCCCC1. The Bertz CT molecular complexity index is 768. The van der Waals surface area contributed by atoms with Gasteiger partial charge in [0.1, 0.15) is 0 Å². The number of nitrogens with zero attached hydrogens (tertiary/aromatic N) is 1. The van der Waals surface area contributed by atoms with Crippen molar-refractivity contribution in [3.8, 4) is 0 Å². The number of likely N-dealkylation sites (tertiary alicyclic amines) is 1. The first-order valence-corrected chi connectivity index (χ1v) is 10.1. The Kier molecular flexibility index (Phi) is 7.20. The van der Waals surface area contributed by atoms with Gasteiger partial charge in [-0.3, -0.25) is 9.59 Å². The number of hydrogen-bond donors (Lipinski definition) is 2. The third-order valence-corrected chi connectivity index (χ3v) is 5.07. The number of amides is 2. The predicted octanol–water partition coefficient (Wildman–Crippen LogP) is 3.79. The minimum absolute atomic E-state index is 0.0774. The quantitative estimate of drug-likeness (QED) is 0.769. The summed E-state index contributed by atoms with van der Waals surface area (Å²) in [6, 6.07) is 16.1. The molecule has 148 valence electrons. The van der Waals surface area contributed by atoms with E-state index in [0.29, 0.717) is 29.3 Å². The standard InChI is InChI=1S/C23H29N3O2/c1-18(17-26-14-6-3-7-15-26)16-24-22(27)20-10-12-21(13-11-20)25-23(28)19-8-4-2-5-9-19/h2,4-5,8-13,18H,3,6-7,14-17H2,1H3,(H,24,27)(H,25,28). The zero-order valence-electron chi connectivity index (χ0n) is 16.5. The maximum absolute atomic E-state index is 12.4. The lowest BCUT2D eigenvalue weighted by atomic mass is 10.1. The lowest BCUT2D eigenvalue weighted by Gasteiger charge is -2.29. The van der Waals surface area contributed by atoms with Crippen molar-refractivity contribution in [1.29, 1.82) is 0 Å². The maximum atomic E-state index is 12.4. The molecule has 1 aliphatic rings. The number of nitrogens with one attached hydrogen (secondary N) is 2. The predicted molar refractivity (Wildman–Crippen MR) is 113 cm³/mol. The summed E-state index contributed by atoms with van der Waals surface area (Å²) in [5, 5.41) is 5.87. The number of carbonyl (C=O) groups excluding carboxylic acids is 2. The fourth-order valence-electron chi connectivity index (χ4n) is 3.51. The highest BCUT2D eigenvalue weighted by Crippen LogP contribution is 2.13. The third-order valence-electron chi connectivity index (χ3n) is 5.07. The van der Waals surface area contributed by atoms with Crippen molar-refractivity contribution < 1.29 is 9.59 Å². The van der Waals surface area contributed by atoms with E-state index < -0.39 is 0 Å². The molecule has 3 rings (SSSR count). The highest BCUT2D eigenvalue weighted by molar-refractivity contribution is 6.04. The molecule has 1 aliphatic heterocycles.